The van der Waals surface area contributed by atoms with Gasteiger partial charge in [-0.25, -0.2) is 13.7 Å². The van der Waals surface area contributed by atoms with Crippen molar-refractivity contribution in [3.63, 3.8) is 0 Å². The molecule has 0 saturated carbocycles. The number of benzene rings is 2. The van der Waals surface area contributed by atoms with Crippen LogP contribution in [0.15, 0.2) is 65.8 Å². The van der Waals surface area contributed by atoms with Gasteiger partial charge < -0.3 is 9.16 Å². The van der Waals surface area contributed by atoms with Crippen molar-refractivity contribution in [1.29, 1.82) is 0 Å². The van der Waals surface area contributed by atoms with Gasteiger partial charge in [-0.15, -0.1) is 0 Å². The molecule has 0 unspecified atom stereocenters. The fourth-order valence-corrected chi connectivity index (χ4v) is 12.1. The Morgan fingerprint density at radius 1 is 1.07 bits per heavy atom. The van der Waals surface area contributed by atoms with Gasteiger partial charge in [0.2, 0.25) is 0 Å². The Hall–Kier alpha value is -2.69. The molecule has 0 aromatic heterocycles. The molecule has 3 rings (SSSR count). The second kappa shape index (κ2) is 14.6. The minimum Gasteiger partial charge on any atom is -0.438 e. The molecule has 1 aliphatic heterocycles. The standard InChI is InChI=1S/C33H51N5O4SSi/c1-10-28(42-44(32(6,7)8,26-19-13-11-14-20-26)27-21-15-12-16-22-27)33(9)29(25(2)36-43(40)31(3,4)5)38(30(39)41-33)24-18-17-23-35-37-34/h11-16,19-22,25,28-29,36H,10,17-18,23-24H2,1-9H3/t25-,28-,29-,33-,43-/m1/s1. The van der Waals surface area contributed by atoms with Gasteiger partial charge in [-0.2, -0.15) is 0 Å². The molecule has 0 aliphatic carbocycles. The first kappa shape index (κ1) is 35.8. The normalized spacial score (nSPS) is 21.3. The second-order valence-electron chi connectivity index (χ2n) is 13.8. The summed E-state index contributed by atoms with van der Waals surface area (Å²) in [6.45, 7) is 19.3. The number of hydrogen-bond donors (Lipinski definition) is 1. The average molecular weight is 642 g/mol. The highest BCUT2D eigenvalue weighted by atomic mass is 32.2. The molecule has 44 heavy (non-hydrogen) atoms. The van der Waals surface area contributed by atoms with Crippen LogP contribution in [0.2, 0.25) is 5.04 Å². The predicted octanol–water partition coefficient (Wildman–Crippen LogP) is 6.45. The second-order valence-corrected chi connectivity index (χ2v) is 20.1. The number of cyclic esters (lactones) is 1. The highest BCUT2D eigenvalue weighted by molar-refractivity contribution is 7.84. The lowest BCUT2D eigenvalue weighted by Gasteiger charge is -2.49. The summed E-state index contributed by atoms with van der Waals surface area (Å²) in [4.78, 5) is 18.3. The van der Waals surface area contributed by atoms with E-state index < -0.39 is 47.9 Å². The van der Waals surface area contributed by atoms with E-state index in [1.807, 2.05) is 46.8 Å². The van der Waals surface area contributed by atoms with Crippen molar-refractivity contribution in [1.82, 2.24) is 9.62 Å². The molecular formula is C33H51N5O4SSi. The van der Waals surface area contributed by atoms with Gasteiger partial charge >= 0.3 is 6.09 Å². The monoisotopic (exact) mass is 641 g/mol. The van der Waals surface area contributed by atoms with Gasteiger partial charge in [0.1, 0.15) is 0 Å². The van der Waals surface area contributed by atoms with E-state index in [9.17, 15) is 9.00 Å². The lowest BCUT2D eigenvalue weighted by Crippen LogP contribution is -2.71. The van der Waals surface area contributed by atoms with Crippen molar-refractivity contribution >= 4 is 35.8 Å². The Morgan fingerprint density at radius 2 is 1.61 bits per heavy atom. The summed E-state index contributed by atoms with van der Waals surface area (Å²) in [6, 6.07) is 20.1. The molecule has 1 saturated heterocycles. The van der Waals surface area contributed by atoms with Crippen LogP contribution in [0.1, 0.15) is 81.6 Å². The van der Waals surface area contributed by atoms with Gasteiger partial charge in [0, 0.05) is 24.0 Å². The van der Waals surface area contributed by atoms with Gasteiger partial charge in [0.05, 0.1) is 27.9 Å². The zero-order chi connectivity index (χ0) is 32.8. The van der Waals surface area contributed by atoms with Crippen LogP contribution in [0.25, 0.3) is 10.4 Å². The molecule has 0 bridgehead atoms. The van der Waals surface area contributed by atoms with Crippen LogP contribution in [0.4, 0.5) is 4.79 Å². The number of carbonyl (C=O) groups is 1. The molecule has 1 aliphatic rings. The van der Waals surface area contributed by atoms with Crippen molar-refractivity contribution in [2.75, 3.05) is 13.1 Å². The third-order valence-corrected chi connectivity index (χ3v) is 15.2. The maximum atomic E-state index is 13.7. The van der Waals surface area contributed by atoms with Gasteiger partial charge in [-0.3, -0.25) is 4.90 Å². The third kappa shape index (κ3) is 7.57. The summed E-state index contributed by atoms with van der Waals surface area (Å²) in [5.74, 6) is 0. The van der Waals surface area contributed by atoms with E-state index in [2.05, 4.69) is 91.0 Å². The molecule has 0 radical (unpaired) electrons. The maximum absolute atomic E-state index is 13.7. The lowest BCUT2D eigenvalue weighted by molar-refractivity contribution is -0.0571. The molecule has 2 aromatic rings. The van der Waals surface area contributed by atoms with Crippen LogP contribution < -0.4 is 15.1 Å². The van der Waals surface area contributed by atoms with Crippen LogP contribution in [0.3, 0.4) is 0 Å². The Kier molecular flexibility index (Phi) is 11.9. The molecule has 1 amide bonds. The maximum Gasteiger partial charge on any atom is 0.410 e. The topological polar surface area (TPSA) is 117 Å². The van der Waals surface area contributed by atoms with E-state index in [0.29, 0.717) is 32.4 Å². The van der Waals surface area contributed by atoms with Crippen molar-refractivity contribution < 1.29 is 18.2 Å². The molecule has 5 atom stereocenters. The Balaban J connectivity index is 2.15. The fraction of sp³-hybridized carbons (Fsp3) is 0.606. The number of azide groups is 1. The Bertz CT molecular complexity index is 1270. The summed E-state index contributed by atoms with van der Waals surface area (Å²) in [7, 11) is -4.37. The van der Waals surface area contributed by atoms with Crippen LogP contribution >= 0.6 is 0 Å². The number of ether oxygens (including phenoxy) is 1. The van der Waals surface area contributed by atoms with Crippen LogP contribution in [-0.4, -0.2) is 65.1 Å². The van der Waals surface area contributed by atoms with Gasteiger partial charge in [-0.05, 0) is 74.8 Å². The SMILES string of the molecule is CC[C@@H](O[Si](c1ccccc1)(c1ccccc1)C(C)(C)C)[C@@]1(C)OC(=O)N(CCCCN=[N+]=[N-])[C@@H]1[C@@H](C)N[S@](=O)C(C)(C)C. The first-order valence-corrected chi connectivity index (χ1v) is 18.7. The first-order valence-electron chi connectivity index (χ1n) is 15.6. The van der Waals surface area contributed by atoms with E-state index in [0.717, 1.165) is 10.4 Å². The number of rotatable bonds is 14. The molecule has 2 aromatic carbocycles. The van der Waals surface area contributed by atoms with Gasteiger partial charge in [0.15, 0.2) is 5.60 Å². The largest absolute Gasteiger partial charge is 0.438 e. The first-order chi connectivity index (χ1) is 20.6. The van der Waals surface area contributed by atoms with Crippen LogP contribution in [0, 0.1) is 0 Å². The number of unbranched alkanes of at least 4 members (excludes halogenated alkanes) is 1. The summed E-state index contributed by atoms with van der Waals surface area (Å²) >= 11 is 0. The van der Waals surface area contributed by atoms with Crippen molar-refractivity contribution in [3.05, 3.63) is 71.1 Å². The fourth-order valence-electron chi connectivity index (χ4n) is 6.41. The van der Waals surface area contributed by atoms with E-state index in [4.69, 9.17) is 14.7 Å². The Labute approximate surface area is 267 Å². The molecule has 9 nitrogen and oxygen atoms in total. The number of carbonyl (C=O) groups excluding carboxylic acids is 1. The van der Waals surface area contributed by atoms with Gasteiger partial charge in [-0.1, -0.05) is 93.5 Å². The highest BCUT2D eigenvalue weighted by Gasteiger charge is 2.61. The number of nitrogens with zero attached hydrogens (tertiary/aromatic N) is 4. The van der Waals surface area contributed by atoms with Crippen molar-refractivity contribution in [2.24, 2.45) is 5.11 Å². The minimum absolute atomic E-state index is 0.268. The summed E-state index contributed by atoms with van der Waals surface area (Å²) < 4.78 is 30.1. The predicted molar refractivity (Wildman–Crippen MR) is 182 cm³/mol. The zero-order valence-corrected chi connectivity index (χ0v) is 29.7. The third-order valence-electron chi connectivity index (χ3n) is 8.50. The van der Waals surface area contributed by atoms with E-state index >= 15 is 0 Å². The summed E-state index contributed by atoms with van der Waals surface area (Å²) in [5, 5.41) is 5.68. The molecule has 1 N–H and O–H groups in total. The average Bonchev–Trinajstić information content (AvgIpc) is 3.22. The highest BCUT2D eigenvalue weighted by Crippen LogP contribution is 2.43. The minimum atomic E-state index is -3.00. The smallest absolute Gasteiger partial charge is 0.410 e. The molecular weight excluding hydrogens is 591 g/mol. The van der Waals surface area contributed by atoms with Crippen LogP contribution in [0.5, 0.6) is 0 Å². The van der Waals surface area contributed by atoms with Gasteiger partial charge in [0.25, 0.3) is 8.32 Å². The molecule has 1 heterocycles. The summed E-state index contributed by atoms with van der Waals surface area (Å²) in [5.41, 5.74) is 7.62. The lowest BCUT2D eigenvalue weighted by atomic mass is 9.84. The number of hydrogen-bond acceptors (Lipinski definition) is 5. The number of nitrogens with one attached hydrogen (secondary N) is 1. The quantitative estimate of drug-likeness (QED) is 0.0839. The van der Waals surface area contributed by atoms with E-state index in [-0.39, 0.29) is 11.1 Å². The molecule has 242 valence electrons. The van der Waals surface area contributed by atoms with E-state index in [1.165, 1.54) is 0 Å². The number of amides is 1. The molecule has 0 spiro atoms. The molecule has 11 heteroatoms. The zero-order valence-electron chi connectivity index (χ0n) is 27.9. The van der Waals surface area contributed by atoms with Crippen molar-refractivity contribution in [2.45, 2.75) is 115 Å². The van der Waals surface area contributed by atoms with E-state index in [1.54, 1.807) is 4.90 Å². The van der Waals surface area contributed by atoms with Crippen LogP contribution in [-0.2, 0) is 20.1 Å². The van der Waals surface area contributed by atoms with Crippen molar-refractivity contribution in [3.8, 4) is 0 Å². The Morgan fingerprint density at radius 3 is 2.07 bits per heavy atom. The summed E-state index contributed by atoms with van der Waals surface area (Å²) in [6.07, 6.45) is 0.999. The molecule has 1 fully saturated rings.